The van der Waals surface area contributed by atoms with Crippen molar-refractivity contribution < 1.29 is 0 Å². The summed E-state index contributed by atoms with van der Waals surface area (Å²) in [6.07, 6.45) is 0. The summed E-state index contributed by atoms with van der Waals surface area (Å²) in [5.41, 5.74) is 0. The largest absolute Gasteiger partial charge is 0.193 e. The second kappa shape index (κ2) is 7.42. The number of hydrogen-bond acceptors (Lipinski definition) is 2. The molecule has 0 spiro atoms. The van der Waals surface area contributed by atoms with Gasteiger partial charge in [-0.05, 0) is 11.0 Å². The van der Waals surface area contributed by atoms with Crippen LogP contribution in [-0.4, -0.2) is 45.3 Å². The van der Waals surface area contributed by atoms with E-state index in [1.54, 1.807) is 0 Å². The Morgan fingerprint density at radius 2 is 1.00 bits per heavy atom. The Kier molecular flexibility index (Phi) is 8.01. The fourth-order valence-electron chi connectivity index (χ4n) is 4.50. The molecule has 0 radical (unpaired) electrons. The molecule has 0 aromatic heterocycles. The van der Waals surface area contributed by atoms with Crippen LogP contribution in [0, 0.1) is 0 Å². The van der Waals surface area contributed by atoms with Crippen LogP contribution in [0.3, 0.4) is 0 Å². The molecule has 0 nitrogen and oxygen atoms in total. The lowest BCUT2D eigenvalue weighted by Crippen LogP contribution is -2.81. The zero-order valence-electron chi connectivity index (χ0n) is 15.8. The fourth-order valence-corrected chi connectivity index (χ4v) is 115. The highest BCUT2D eigenvalue weighted by atomic mass is 32.4. The SMILES string of the molecule is CC(C)SCCS[Si]([Si](C)(C)C)([Si](C)(C)C)[Si](C)(C)C. The third kappa shape index (κ3) is 5.04. The monoisotopic (exact) mass is 382 g/mol. The van der Waals surface area contributed by atoms with Gasteiger partial charge in [0, 0.05) is 28.5 Å². The van der Waals surface area contributed by atoms with Crippen molar-refractivity contribution in [3.8, 4) is 0 Å². The standard InChI is InChI=1S/C14H38S2Si4/c1-14(2)15-12-13-16-20(17(3,4)5,18(6,7)8)19(9,10)11/h14H,12-13H2,1-11H3. The van der Waals surface area contributed by atoms with Crippen molar-refractivity contribution in [1.82, 2.24) is 0 Å². The van der Waals surface area contributed by atoms with Crippen LogP contribution in [0.15, 0.2) is 0 Å². The Morgan fingerprint density at radius 3 is 1.25 bits per heavy atom. The lowest BCUT2D eigenvalue weighted by Gasteiger charge is -2.56. The van der Waals surface area contributed by atoms with E-state index < -0.39 is 28.6 Å². The first-order chi connectivity index (χ1) is 8.67. The van der Waals surface area contributed by atoms with E-state index in [-0.39, 0.29) is 0 Å². The molecule has 0 atom stereocenters. The Hall–Kier alpha value is 1.57. The summed E-state index contributed by atoms with van der Waals surface area (Å²) < 4.78 is 0. The first kappa shape index (κ1) is 21.6. The van der Waals surface area contributed by atoms with E-state index in [0.29, 0.717) is 0 Å². The molecule has 0 aliphatic rings. The molecule has 0 bridgehead atoms. The third-order valence-corrected chi connectivity index (χ3v) is 94.4. The molecule has 0 fully saturated rings. The van der Waals surface area contributed by atoms with Gasteiger partial charge in [-0.1, -0.05) is 72.8 Å². The van der Waals surface area contributed by atoms with Crippen LogP contribution in [0.5, 0.6) is 0 Å². The van der Waals surface area contributed by atoms with E-state index >= 15 is 0 Å². The summed E-state index contributed by atoms with van der Waals surface area (Å²) in [5, 5.41) is 0.789. The number of rotatable bonds is 8. The number of thioether (sulfide) groups is 1. The van der Waals surface area contributed by atoms with Gasteiger partial charge < -0.3 is 0 Å². The summed E-state index contributed by atoms with van der Waals surface area (Å²) in [6, 6.07) is 0. The van der Waals surface area contributed by atoms with Crippen LogP contribution in [0.4, 0.5) is 0 Å². The molecular formula is C14H38S2Si4. The van der Waals surface area contributed by atoms with Crippen molar-refractivity contribution in [2.75, 3.05) is 11.5 Å². The first-order valence-electron chi connectivity index (χ1n) is 7.92. The normalized spacial score (nSPS) is 15.0. The van der Waals surface area contributed by atoms with Crippen LogP contribution >= 0.6 is 23.0 Å². The van der Waals surface area contributed by atoms with Gasteiger partial charge in [0.25, 0.3) is 0 Å². The molecule has 0 saturated heterocycles. The van der Waals surface area contributed by atoms with E-state index in [1.807, 2.05) is 0 Å². The van der Waals surface area contributed by atoms with Gasteiger partial charge in [0.1, 0.15) is 0 Å². The van der Waals surface area contributed by atoms with Crippen LogP contribution in [0.1, 0.15) is 13.8 Å². The topological polar surface area (TPSA) is 0 Å². The van der Waals surface area contributed by atoms with Gasteiger partial charge in [0.15, 0.2) is 0 Å². The second-order valence-electron chi connectivity index (χ2n) is 9.20. The first-order valence-corrected chi connectivity index (χ1v) is 26.2. The van der Waals surface area contributed by atoms with E-state index in [2.05, 4.69) is 95.7 Å². The Bertz CT molecular complexity index is 262. The van der Waals surface area contributed by atoms with Gasteiger partial charge in [0.2, 0.25) is 0 Å². The van der Waals surface area contributed by atoms with E-state index in [4.69, 9.17) is 0 Å². The quantitative estimate of drug-likeness (QED) is 0.370. The molecule has 0 unspecified atom stereocenters. The van der Waals surface area contributed by atoms with E-state index in [9.17, 15) is 0 Å². The van der Waals surface area contributed by atoms with Gasteiger partial charge in [0.05, 0.1) is 5.78 Å². The molecule has 0 heterocycles. The average molecular weight is 383 g/mol. The Morgan fingerprint density at radius 1 is 0.650 bits per heavy atom. The molecule has 6 heteroatoms. The van der Waals surface area contributed by atoms with Crippen molar-refractivity contribution in [3.63, 3.8) is 0 Å². The minimum absolute atomic E-state index is 0.789. The summed E-state index contributed by atoms with van der Waals surface area (Å²) in [5.74, 6) is 1.62. The summed E-state index contributed by atoms with van der Waals surface area (Å²) in [4.78, 5) is 0. The molecule has 0 rings (SSSR count). The second-order valence-corrected chi connectivity index (χ2v) is 57.2. The Labute approximate surface area is 140 Å². The molecule has 0 saturated carbocycles. The lowest BCUT2D eigenvalue weighted by molar-refractivity contribution is 1.11. The Balaban J connectivity index is 5.36. The fraction of sp³-hybridized carbons (Fsp3) is 1.00. The zero-order valence-corrected chi connectivity index (χ0v) is 21.4. The molecule has 122 valence electrons. The maximum atomic E-state index is 2.69. The smallest absolute Gasteiger partial charge is 0.0946 e. The van der Waals surface area contributed by atoms with Crippen molar-refractivity contribution in [2.45, 2.75) is 78.0 Å². The van der Waals surface area contributed by atoms with Crippen LogP contribution < -0.4 is 0 Å². The maximum Gasteiger partial charge on any atom is 0.0946 e. The summed E-state index contributed by atoms with van der Waals surface area (Å²) in [6.45, 7) is 28.9. The van der Waals surface area contributed by atoms with Gasteiger partial charge in [-0.3, -0.25) is 0 Å². The molecule has 0 aromatic rings. The molecular weight excluding hydrogens is 345 g/mol. The number of hydrogen-bond donors (Lipinski definition) is 0. The molecule has 0 aliphatic heterocycles. The molecule has 0 aromatic carbocycles. The van der Waals surface area contributed by atoms with Gasteiger partial charge in [-0.15, -0.1) is 0 Å². The predicted molar refractivity (Wildman–Crippen MR) is 116 cm³/mol. The minimum atomic E-state index is -1.15. The maximum absolute atomic E-state index is 2.69. The highest BCUT2D eigenvalue weighted by molar-refractivity contribution is 8.50. The summed E-state index contributed by atoms with van der Waals surface area (Å²) >= 11 is 4.69. The van der Waals surface area contributed by atoms with Crippen molar-refractivity contribution in [1.29, 1.82) is 0 Å². The van der Waals surface area contributed by atoms with Crippen LogP contribution in [0.25, 0.3) is 0 Å². The lowest BCUT2D eigenvalue weighted by atomic mass is 10.6. The van der Waals surface area contributed by atoms with Crippen LogP contribution in [0.2, 0.25) is 58.9 Å². The van der Waals surface area contributed by atoms with Crippen LogP contribution in [-0.2, 0) is 0 Å². The average Bonchev–Trinajstić information content (AvgIpc) is 2.09. The molecule has 0 aliphatic carbocycles. The molecule has 0 N–H and O–H groups in total. The predicted octanol–water partition coefficient (Wildman–Crippen LogP) is 6.06. The third-order valence-electron chi connectivity index (χ3n) is 4.02. The van der Waals surface area contributed by atoms with Crippen molar-refractivity contribution in [3.05, 3.63) is 0 Å². The molecule has 0 amide bonds. The van der Waals surface area contributed by atoms with Gasteiger partial charge >= 0.3 is 0 Å². The summed E-state index contributed by atoms with van der Waals surface area (Å²) in [7, 11) is -3.21. The molecule has 20 heavy (non-hydrogen) atoms. The van der Waals surface area contributed by atoms with E-state index in [1.165, 1.54) is 11.5 Å². The highest BCUT2D eigenvalue weighted by Gasteiger charge is 2.61. The van der Waals surface area contributed by atoms with E-state index in [0.717, 1.165) is 5.25 Å². The van der Waals surface area contributed by atoms with Crippen molar-refractivity contribution in [2.24, 2.45) is 0 Å². The van der Waals surface area contributed by atoms with Gasteiger partial charge in [-0.2, -0.15) is 23.0 Å². The van der Waals surface area contributed by atoms with Crippen molar-refractivity contribution >= 4 is 51.5 Å². The highest BCUT2D eigenvalue weighted by Crippen LogP contribution is 2.44. The zero-order chi connectivity index (χ0) is 16.4. The minimum Gasteiger partial charge on any atom is -0.193 e. The van der Waals surface area contributed by atoms with Gasteiger partial charge in [-0.25, -0.2) is 0 Å².